The summed E-state index contributed by atoms with van der Waals surface area (Å²) in [5, 5.41) is 7.37. The lowest BCUT2D eigenvalue weighted by molar-refractivity contribution is -0.123. The fourth-order valence-corrected chi connectivity index (χ4v) is 3.99. The standard InChI is InChI=1S/C24H28BrCl2N3O4/c1-6-33-20-10-15(9-18(25)22(20)34-14(4)5)12-28-30-24(32)21(13(2)3)29-23(31)17-8-7-16(26)11-19(17)27/h7-14,21H,6H2,1-5H3,(H,29,31)(H,30,32)/b28-12+. The normalized spacial score (nSPS) is 12.2. The van der Waals surface area contributed by atoms with Crippen LogP contribution in [0.1, 0.15) is 50.5 Å². The van der Waals surface area contributed by atoms with Gasteiger partial charge in [0, 0.05) is 5.02 Å². The number of hydrogen-bond acceptors (Lipinski definition) is 5. The first kappa shape index (κ1) is 28.0. The molecule has 0 spiro atoms. The molecule has 2 aromatic carbocycles. The van der Waals surface area contributed by atoms with E-state index in [0.29, 0.717) is 33.2 Å². The van der Waals surface area contributed by atoms with Crippen LogP contribution in [0.2, 0.25) is 10.0 Å². The summed E-state index contributed by atoms with van der Waals surface area (Å²) in [7, 11) is 0. The Morgan fingerprint density at radius 2 is 1.85 bits per heavy atom. The van der Waals surface area contributed by atoms with Crippen LogP contribution in [0.25, 0.3) is 0 Å². The summed E-state index contributed by atoms with van der Waals surface area (Å²) in [5.41, 5.74) is 3.40. The van der Waals surface area contributed by atoms with Crippen molar-refractivity contribution in [3.8, 4) is 11.5 Å². The maximum Gasteiger partial charge on any atom is 0.262 e. The SMILES string of the molecule is CCOc1cc(/C=N/NC(=O)C(NC(=O)c2ccc(Cl)cc2Cl)C(C)C)cc(Br)c1OC(C)C. The molecule has 0 bridgehead atoms. The van der Waals surface area contributed by atoms with Crippen LogP contribution in [0.4, 0.5) is 0 Å². The highest BCUT2D eigenvalue weighted by atomic mass is 79.9. The number of nitrogens with zero attached hydrogens (tertiary/aromatic N) is 1. The van der Waals surface area contributed by atoms with E-state index in [4.69, 9.17) is 32.7 Å². The van der Waals surface area contributed by atoms with E-state index >= 15 is 0 Å². The monoisotopic (exact) mass is 571 g/mol. The Kier molecular flexibility index (Phi) is 10.7. The van der Waals surface area contributed by atoms with Crippen molar-refractivity contribution in [3.63, 3.8) is 0 Å². The van der Waals surface area contributed by atoms with Crippen LogP contribution in [-0.4, -0.2) is 36.8 Å². The van der Waals surface area contributed by atoms with E-state index in [9.17, 15) is 9.59 Å². The molecule has 0 saturated heterocycles. The zero-order valence-electron chi connectivity index (χ0n) is 19.6. The van der Waals surface area contributed by atoms with Gasteiger partial charge in [-0.05, 0) is 78.5 Å². The molecule has 0 fully saturated rings. The smallest absolute Gasteiger partial charge is 0.262 e. The third-order valence-corrected chi connectivity index (χ3v) is 5.62. The lowest BCUT2D eigenvalue weighted by atomic mass is 10.0. The summed E-state index contributed by atoms with van der Waals surface area (Å²) < 4.78 is 12.2. The molecule has 7 nitrogen and oxygen atoms in total. The van der Waals surface area contributed by atoms with Crippen molar-refractivity contribution in [2.24, 2.45) is 11.0 Å². The van der Waals surface area contributed by atoms with Gasteiger partial charge in [0.15, 0.2) is 11.5 Å². The average Bonchev–Trinajstić information content (AvgIpc) is 2.74. The molecule has 2 N–H and O–H groups in total. The van der Waals surface area contributed by atoms with Gasteiger partial charge in [-0.25, -0.2) is 5.43 Å². The number of hydrazone groups is 1. The van der Waals surface area contributed by atoms with Crippen LogP contribution in [0.5, 0.6) is 11.5 Å². The van der Waals surface area contributed by atoms with Crippen LogP contribution in [0.15, 0.2) is 39.9 Å². The van der Waals surface area contributed by atoms with Gasteiger partial charge in [-0.15, -0.1) is 0 Å². The molecule has 1 atom stereocenters. The first-order valence-corrected chi connectivity index (χ1v) is 12.3. The van der Waals surface area contributed by atoms with Crippen molar-refractivity contribution >= 4 is 57.2 Å². The largest absolute Gasteiger partial charge is 0.490 e. The lowest BCUT2D eigenvalue weighted by Crippen LogP contribution is -2.48. The zero-order chi connectivity index (χ0) is 25.4. The third-order valence-electron chi connectivity index (χ3n) is 4.49. The molecule has 2 rings (SSSR count). The van der Waals surface area contributed by atoms with E-state index in [0.717, 1.165) is 0 Å². The van der Waals surface area contributed by atoms with Gasteiger partial charge in [0.1, 0.15) is 6.04 Å². The van der Waals surface area contributed by atoms with Crippen molar-refractivity contribution in [2.45, 2.75) is 46.8 Å². The number of halogens is 3. The van der Waals surface area contributed by atoms with E-state index in [1.807, 2.05) is 34.6 Å². The van der Waals surface area contributed by atoms with Crippen LogP contribution in [0.3, 0.4) is 0 Å². The van der Waals surface area contributed by atoms with Gasteiger partial charge in [0.05, 0.1) is 34.0 Å². The highest BCUT2D eigenvalue weighted by Gasteiger charge is 2.25. The van der Waals surface area contributed by atoms with E-state index in [1.54, 1.807) is 18.2 Å². The molecule has 0 saturated carbocycles. The molecule has 0 aliphatic rings. The summed E-state index contributed by atoms with van der Waals surface area (Å²) in [6.07, 6.45) is 1.46. The Balaban J connectivity index is 2.13. The molecule has 184 valence electrons. The summed E-state index contributed by atoms with van der Waals surface area (Å²) in [4.78, 5) is 25.4. The van der Waals surface area contributed by atoms with Crippen LogP contribution in [-0.2, 0) is 4.79 Å². The van der Waals surface area contributed by atoms with Crippen LogP contribution < -0.4 is 20.2 Å². The Bertz CT molecular complexity index is 1060. The number of carbonyl (C=O) groups excluding carboxylic acids is 2. The van der Waals surface area contributed by atoms with Gasteiger partial charge in [-0.1, -0.05) is 37.0 Å². The fourth-order valence-electron chi connectivity index (χ4n) is 2.94. The number of nitrogens with one attached hydrogen (secondary N) is 2. The Morgan fingerprint density at radius 1 is 1.15 bits per heavy atom. The Labute approximate surface area is 218 Å². The second-order valence-electron chi connectivity index (χ2n) is 7.98. The second kappa shape index (κ2) is 13.0. The first-order chi connectivity index (χ1) is 16.0. The van der Waals surface area contributed by atoms with E-state index in [2.05, 4.69) is 31.8 Å². The molecular weight excluding hydrogens is 545 g/mol. The number of rotatable bonds is 10. The predicted octanol–water partition coefficient (Wildman–Crippen LogP) is 5.85. The van der Waals surface area contributed by atoms with Crippen molar-refractivity contribution in [1.82, 2.24) is 10.7 Å². The molecule has 0 aromatic heterocycles. The summed E-state index contributed by atoms with van der Waals surface area (Å²) in [6, 6.07) is 7.28. The molecular formula is C24H28BrCl2N3O4. The second-order valence-corrected chi connectivity index (χ2v) is 9.68. The summed E-state index contributed by atoms with van der Waals surface area (Å²) >= 11 is 15.5. The van der Waals surface area contributed by atoms with Gasteiger partial charge in [-0.2, -0.15) is 5.10 Å². The highest BCUT2D eigenvalue weighted by molar-refractivity contribution is 9.10. The molecule has 0 heterocycles. The predicted molar refractivity (Wildman–Crippen MR) is 139 cm³/mol. The van der Waals surface area contributed by atoms with Crippen molar-refractivity contribution < 1.29 is 19.1 Å². The van der Waals surface area contributed by atoms with E-state index < -0.39 is 17.9 Å². The van der Waals surface area contributed by atoms with Gasteiger partial charge in [-0.3, -0.25) is 9.59 Å². The number of amides is 2. The Morgan fingerprint density at radius 3 is 2.44 bits per heavy atom. The minimum Gasteiger partial charge on any atom is -0.490 e. The lowest BCUT2D eigenvalue weighted by Gasteiger charge is -2.20. The van der Waals surface area contributed by atoms with Gasteiger partial charge in [0.25, 0.3) is 11.8 Å². The maximum atomic E-state index is 12.7. The summed E-state index contributed by atoms with van der Waals surface area (Å²) in [5.74, 6) is 0.0162. The average molecular weight is 573 g/mol. The van der Waals surface area contributed by atoms with Gasteiger partial charge in [0.2, 0.25) is 0 Å². The molecule has 10 heteroatoms. The summed E-state index contributed by atoms with van der Waals surface area (Å²) in [6.45, 7) is 9.83. The molecule has 0 aliphatic heterocycles. The Hall–Kier alpha value is -2.29. The number of hydrogen-bond donors (Lipinski definition) is 2. The van der Waals surface area contributed by atoms with E-state index in [1.165, 1.54) is 18.3 Å². The topological polar surface area (TPSA) is 89.0 Å². The molecule has 34 heavy (non-hydrogen) atoms. The number of ether oxygens (including phenoxy) is 2. The molecule has 2 aromatic rings. The molecule has 2 amide bonds. The number of benzene rings is 2. The highest BCUT2D eigenvalue weighted by Crippen LogP contribution is 2.37. The van der Waals surface area contributed by atoms with Crippen molar-refractivity contribution in [2.75, 3.05) is 6.61 Å². The zero-order valence-corrected chi connectivity index (χ0v) is 22.7. The quantitative estimate of drug-likeness (QED) is 0.276. The van der Waals surface area contributed by atoms with Crippen molar-refractivity contribution in [3.05, 3.63) is 56.0 Å². The molecule has 1 unspecified atom stereocenters. The third kappa shape index (κ3) is 7.89. The molecule has 0 aliphatic carbocycles. The molecule has 0 radical (unpaired) electrons. The van der Waals surface area contributed by atoms with Crippen LogP contribution in [0, 0.1) is 5.92 Å². The van der Waals surface area contributed by atoms with Crippen molar-refractivity contribution in [1.29, 1.82) is 0 Å². The fraction of sp³-hybridized carbons (Fsp3) is 0.375. The minimum atomic E-state index is -0.830. The van der Waals surface area contributed by atoms with Gasteiger partial charge < -0.3 is 14.8 Å². The maximum absolute atomic E-state index is 12.7. The van der Waals surface area contributed by atoms with Gasteiger partial charge >= 0.3 is 0 Å². The van der Waals surface area contributed by atoms with Crippen LogP contribution >= 0.6 is 39.1 Å². The minimum absolute atomic E-state index is 0.0276. The van der Waals surface area contributed by atoms with E-state index in [-0.39, 0.29) is 22.6 Å². The number of carbonyl (C=O) groups is 2. The first-order valence-electron chi connectivity index (χ1n) is 10.7.